The zero-order valence-corrected chi connectivity index (χ0v) is 16.9. The summed E-state index contributed by atoms with van der Waals surface area (Å²) < 4.78 is 39.8. The number of halogens is 2. The van der Waals surface area contributed by atoms with E-state index in [0.717, 1.165) is 12.8 Å². The SMILES string of the molecule is O=C(NC[C@H]1CCCO1)c1cn(Cc2cccc(F)c2)nc1OCc1cccc(F)c1. The van der Waals surface area contributed by atoms with E-state index in [0.29, 0.717) is 24.3 Å². The molecular weight excluding hydrogens is 404 g/mol. The minimum absolute atomic E-state index is 0.00273. The number of aromatic nitrogens is 2. The highest BCUT2D eigenvalue weighted by molar-refractivity contribution is 5.96. The average Bonchev–Trinajstić information content (AvgIpc) is 3.40. The molecule has 162 valence electrons. The molecule has 4 rings (SSSR count). The van der Waals surface area contributed by atoms with Crippen molar-refractivity contribution >= 4 is 5.91 Å². The predicted molar refractivity (Wildman–Crippen MR) is 110 cm³/mol. The van der Waals surface area contributed by atoms with Crippen LogP contribution in [0.3, 0.4) is 0 Å². The van der Waals surface area contributed by atoms with Gasteiger partial charge in [0.1, 0.15) is 23.8 Å². The number of nitrogens with one attached hydrogen (secondary N) is 1. The summed E-state index contributed by atoms with van der Waals surface area (Å²) >= 11 is 0. The molecule has 1 aromatic heterocycles. The highest BCUT2D eigenvalue weighted by Gasteiger charge is 2.21. The fourth-order valence-corrected chi connectivity index (χ4v) is 3.45. The molecule has 0 spiro atoms. The van der Waals surface area contributed by atoms with Gasteiger partial charge in [0.25, 0.3) is 5.91 Å². The number of amides is 1. The maximum absolute atomic E-state index is 13.5. The van der Waals surface area contributed by atoms with Crippen molar-refractivity contribution in [2.45, 2.75) is 32.1 Å². The van der Waals surface area contributed by atoms with Crippen molar-refractivity contribution < 1.29 is 23.0 Å². The smallest absolute Gasteiger partial charge is 0.258 e. The Kier molecular flexibility index (Phi) is 6.57. The Morgan fingerprint density at radius 1 is 1.16 bits per heavy atom. The van der Waals surface area contributed by atoms with E-state index in [9.17, 15) is 13.6 Å². The molecule has 3 aromatic rings. The number of ether oxygens (including phenoxy) is 2. The van der Waals surface area contributed by atoms with Gasteiger partial charge in [-0.25, -0.2) is 8.78 Å². The van der Waals surface area contributed by atoms with E-state index in [2.05, 4.69) is 10.4 Å². The van der Waals surface area contributed by atoms with E-state index >= 15 is 0 Å². The number of hydrogen-bond donors (Lipinski definition) is 1. The van der Waals surface area contributed by atoms with Crippen LogP contribution in [0.4, 0.5) is 8.78 Å². The fraction of sp³-hybridized carbons (Fsp3) is 0.304. The number of nitrogens with zero attached hydrogens (tertiary/aromatic N) is 2. The minimum atomic E-state index is -0.368. The molecule has 1 amide bonds. The number of carbonyl (C=O) groups is 1. The molecule has 0 aliphatic carbocycles. The lowest BCUT2D eigenvalue weighted by Crippen LogP contribution is -2.31. The number of carbonyl (C=O) groups excluding carboxylic acids is 1. The molecule has 1 aliphatic rings. The summed E-state index contributed by atoms with van der Waals surface area (Å²) in [5, 5.41) is 7.22. The van der Waals surface area contributed by atoms with Crippen molar-refractivity contribution in [1.82, 2.24) is 15.1 Å². The van der Waals surface area contributed by atoms with Crippen LogP contribution < -0.4 is 10.1 Å². The number of rotatable bonds is 8. The molecule has 6 nitrogen and oxygen atoms in total. The summed E-state index contributed by atoms with van der Waals surface area (Å²) in [6.45, 7) is 1.43. The van der Waals surface area contributed by atoms with Gasteiger partial charge in [-0.15, -0.1) is 5.10 Å². The average molecular weight is 427 g/mol. The van der Waals surface area contributed by atoms with E-state index in [-0.39, 0.29) is 48.2 Å². The summed E-state index contributed by atoms with van der Waals surface area (Å²) in [7, 11) is 0. The number of hydrogen-bond acceptors (Lipinski definition) is 4. The molecule has 31 heavy (non-hydrogen) atoms. The van der Waals surface area contributed by atoms with Crippen LogP contribution in [-0.4, -0.2) is 34.9 Å². The van der Waals surface area contributed by atoms with Crippen molar-refractivity contribution in [3.8, 4) is 5.88 Å². The molecule has 1 fully saturated rings. The highest BCUT2D eigenvalue weighted by atomic mass is 19.1. The van der Waals surface area contributed by atoms with Crippen LogP contribution in [0.1, 0.15) is 34.3 Å². The summed E-state index contributed by atoms with van der Waals surface area (Å²) in [5.74, 6) is -0.922. The minimum Gasteiger partial charge on any atom is -0.471 e. The zero-order chi connectivity index (χ0) is 21.6. The number of benzene rings is 2. The van der Waals surface area contributed by atoms with Crippen LogP contribution in [0, 0.1) is 11.6 Å². The summed E-state index contributed by atoms with van der Waals surface area (Å²) in [4.78, 5) is 12.8. The Labute approximate surface area is 178 Å². The highest BCUT2D eigenvalue weighted by Crippen LogP contribution is 2.20. The van der Waals surface area contributed by atoms with Crippen LogP contribution in [0.15, 0.2) is 54.7 Å². The van der Waals surface area contributed by atoms with Gasteiger partial charge >= 0.3 is 0 Å². The molecule has 0 bridgehead atoms. The van der Waals surface area contributed by atoms with Gasteiger partial charge in [-0.05, 0) is 48.2 Å². The monoisotopic (exact) mass is 427 g/mol. The molecular formula is C23H23F2N3O3. The van der Waals surface area contributed by atoms with E-state index in [4.69, 9.17) is 9.47 Å². The topological polar surface area (TPSA) is 65.4 Å². The molecule has 2 heterocycles. The van der Waals surface area contributed by atoms with E-state index in [1.54, 1.807) is 30.5 Å². The molecule has 0 unspecified atom stereocenters. The van der Waals surface area contributed by atoms with E-state index in [1.165, 1.54) is 28.9 Å². The third kappa shape index (κ3) is 5.67. The quantitative estimate of drug-likeness (QED) is 0.596. The second kappa shape index (κ2) is 9.70. The lowest BCUT2D eigenvalue weighted by atomic mass is 10.2. The van der Waals surface area contributed by atoms with Gasteiger partial charge in [0, 0.05) is 19.3 Å². The molecule has 8 heteroatoms. The second-order valence-electron chi connectivity index (χ2n) is 7.44. The maximum Gasteiger partial charge on any atom is 0.258 e. The first-order chi connectivity index (χ1) is 15.1. The van der Waals surface area contributed by atoms with Gasteiger partial charge in [0.2, 0.25) is 5.88 Å². The molecule has 2 aromatic carbocycles. The third-order valence-corrected chi connectivity index (χ3v) is 4.98. The van der Waals surface area contributed by atoms with Gasteiger partial charge < -0.3 is 14.8 Å². The van der Waals surface area contributed by atoms with Gasteiger partial charge in [0.15, 0.2) is 0 Å². The lowest BCUT2D eigenvalue weighted by Gasteiger charge is -2.11. The van der Waals surface area contributed by atoms with Crippen molar-refractivity contribution in [3.05, 3.63) is 83.1 Å². The maximum atomic E-state index is 13.5. The largest absolute Gasteiger partial charge is 0.471 e. The van der Waals surface area contributed by atoms with Crippen LogP contribution >= 0.6 is 0 Å². The van der Waals surface area contributed by atoms with Gasteiger partial charge in [-0.1, -0.05) is 24.3 Å². The van der Waals surface area contributed by atoms with Crippen LogP contribution in [0.5, 0.6) is 5.88 Å². The van der Waals surface area contributed by atoms with Crippen molar-refractivity contribution in [2.75, 3.05) is 13.2 Å². The Hall–Kier alpha value is -3.26. The zero-order valence-electron chi connectivity index (χ0n) is 16.9. The normalized spacial score (nSPS) is 15.7. The summed E-state index contributed by atoms with van der Waals surface area (Å²) in [6, 6.07) is 12.2. The fourth-order valence-electron chi connectivity index (χ4n) is 3.45. The van der Waals surface area contributed by atoms with Gasteiger partial charge in [-0.3, -0.25) is 9.48 Å². The van der Waals surface area contributed by atoms with Crippen LogP contribution in [-0.2, 0) is 17.9 Å². The van der Waals surface area contributed by atoms with Crippen molar-refractivity contribution in [1.29, 1.82) is 0 Å². The third-order valence-electron chi connectivity index (χ3n) is 4.98. The molecule has 0 saturated carbocycles. The summed E-state index contributed by atoms with van der Waals surface area (Å²) in [6.07, 6.45) is 3.45. The first-order valence-electron chi connectivity index (χ1n) is 10.2. The van der Waals surface area contributed by atoms with E-state index < -0.39 is 0 Å². The van der Waals surface area contributed by atoms with Gasteiger partial charge in [0.05, 0.1) is 12.6 Å². The molecule has 0 radical (unpaired) electrons. The lowest BCUT2D eigenvalue weighted by molar-refractivity contribution is 0.0854. The Morgan fingerprint density at radius 2 is 1.90 bits per heavy atom. The van der Waals surface area contributed by atoms with Crippen molar-refractivity contribution in [2.24, 2.45) is 0 Å². The molecule has 1 N–H and O–H groups in total. The first-order valence-corrected chi connectivity index (χ1v) is 10.2. The van der Waals surface area contributed by atoms with Crippen LogP contribution in [0.25, 0.3) is 0 Å². The van der Waals surface area contributed by atoms with Crippen LogP contribution in [0.2, 0.25) is 0 Å². The van der Waals surface area contributed by atoms with E-state index in [1.807, 2.05) is 0 Å². The Bertz CT molecular complexity index is 1050. The molecule has 1 atom stereocenters. The van der Waals surface area contributed by atoms with Gasteiger partial charge in [-0.2, -0.15) is 0 Å². The predicted octanol–water partition coefficient (Wildman–Crippen LogP) is 3.70. The molecule has 1 saturated heterocycles. The standard InChI is InChI=1S/C23H23F2N3O3/c24-18-6-1-4-16(10-18)13-28-14-21(22(29)26-12-20-8-3-9-30-20)23(27-28)31-15-17-5-2-7-19(25)11-17/h1-2,4-7,10-11,14,20H,3,8-9,12-13,15H2,(H,26,29)/t20-/m1/s1. The Morgan fingerprint density at radius 3 is 2.61 bits per heavy atom. The molecule has 1 aliphatic heterocycles. The first kappa shape index (κ1) is 21.0. The second-order valence-corrected chi connectivity index (χ2v) is 7.44. The summed E-state index contributed by atoms with van der Waals surface area (Å²) in [5.41, 5.74) is 1.57. The van der Waals surface area contributed by atoms with Crippen molar-refractivity contribution in [3.63, 3.8) is 0 Å². The Balaban J connectivity index is 1.51.